The van der Waals surface area contributed by atoms with E-state index >= 15 is 0 Å². The van der Waals surface area contributed by atoms with E-state index in [1.165, 1.54) is 12.1 Å². The Morgan fingerprint density at radius 1 is 1.50 bits per heavy atom. The van der Waals surface area contributed by atoms with Crippen LogP contribution in [0.15, 0.2) is 18.2 Å². The third-order valence-corrected chi connectivity index (χ3v) is 4.07. The molecule has 18 heavy (non-hydrogen) atoms. The average Bonchev–Trinajstić information content (AvgIpc) is 2.95. The summed E-state index contributed by atoms with van der Waals surface area (Å²) in [5, 5.41) is 3.23. The van der Waals surface area contributed by atoms with Crippen molar-refractivity contribution < 1.29 is 9.18 Å². The van der Waals surface area contributed by atoms with E-state index in [2.05, 4.69) is 5.32 Å². The van der Waals surface area contributed by atoms with Crippen LogP contribution in [-0.4, -0.2) is 25.5 Å². The molecule has 4 heteroatoms. The Kier molecular flexibility index (Phi) is 2.63. The number of carbonyl (C=O) groups excluding carboxylic acids is 1. The molecule has 1 aromatic rings. The number of nitrogens with one attached hydrogen (secondary N) is 1. The Balaban J connectivity index is 1.92. The Hall–Kier alpha value is -1.42. The lowest BCUT2D eigenvalue weighted by atomic mass is 9.88. The average molecular weight is 248 g/mol. The van der Waals surface area contributed by atoms with Crippen molar-refractivity contribution in [3.05, 3.63) is 29.6 Å². The van der Waals surface area contributed by atoms with Gasteiger partial charge in [-0.25, -0.2) is 4.39 Å². The Morgan fingerprint density at radius 3 is 3.06 bits per heavy atom. The first-order valence-electron chi connectivity index (χ1n) is 6.41. The molecule has 2 aliphatic rings. The number of fused-ring (bicyclic) bond motifs is 1. The Labute approximate surface area is 106 Å². The molecule has 0 aromatic heterocycles. The summed E-state index contributed by atoms with van der Waals surface area (Å²) in [4.78, 5) is 14.4. The molecule has 3 rings (SSSR count). The summed E-state index contributed by atoms with van der Waals surface area (Å²) in [6.45, 7) is 4.26. The predicted octanol–water partition coefficient (Wildman–Crippen LogP) is 1.71. The predicted molar refractivity (Wildman–Crippen MR) is 68.1 cm³/mol. The van der Waals surface area contributed by atoms with Crippen LogP contribution in [0.2, 0.25) is 0 Å². The van der Waals surface area contributed by atoms with E-state index in [1.807, 2.05) is 6.92 Å². The first-order valence-corrected chi connectivity index (χ1v) is 6.41. The normalized spacial score (nSPS) is 26.4. The lowest BCUT2D eigenvalue weighted by molar-refractivity contribution is -0.126. The number of halogens is 1. The number of benzene rings is 1. The molecule has 0 aliphatic carbocycles. The first-order chi connectivity index (χ1) is 8.60. The molecule has 1 saturated heterocycles. The van der Waals surface area contributed by atoms with Crippen molar-refractivity contribution >= 4 is 11.6 Å². The first kappa shape index (κ1) is 11.7. The monoisotopic (exact) mass is 248 g/mol. The van der Waals surface area contributed by atoms with Crippen LogP contribution in [0.25, 0.3) is 0 Å². The standard InChI is InChI=1S/C14H17FN2O/c1-14(5-6-16-9-14)13(18)17-7-4-10-2-3-11(15)8-12(10)17/h2-3,8,16H,4-7,9H2,1H3. The second-order valence-electron chi connectivity index (χ2n) is 5.47. The molecule has 0 saturated carbocycles. The minimum absolute atomic E-state index is 0.122. The Bertz CT molecular complexity index is 495. The highest BCUT2D eigenvalue weighted by Crippen LogP contribution is 2.35. The molecular formula is C14H17FN2O. The number of anilines is 1. The van der Waals surface area contributed by atoms with E-state index in [1.54, 1.807) is 11.0 Å². The van der Waals surface area contributed by atoms with Crippen LogP contribution in [0.5, 0.6) is 0 Å². The fraction of sp³-hybridized carbons (Fsp3) is 0.500. The van der Waals surface area contributed by atoms with Crippen molar-refractivity contribution in [3.63, 3.8) is 0 Å². The van der Waals surface area contributed by atoms with Crippen LogP contribution in [0.3, 0.4) is 0 Å². The number of nitrogens with zero attached hydrogens (tertiary/aromatic N) is 1. The second kappa shape index (κ2) is 4.05. The van der Waals surface area contributed by atoms with Crippen LogP contribution in [0.4, 0.5) is 10.1 Å². The van der Waals surface area contributed by atoms with Gasteiger partial charge in [0.1, 0.15) is 5.82 Å². The van der Waals surface area contributed by atoms with E-state index < -0.39 is 0 Å². The smallest absolute Gasteiger partial charge is 0.234 e. The van der Waals surface area contributed by atoms with Crippen molar-refractivity contribution in [1.29, 1.82) is 0 Å². The van der Waals surface area contributed by atoms with E-state index in [0.717, 1.165) is 30.6 Å². The summed E-state index contributed by atoms with van der Waals surface area (Å²) in [6.07, 6.45) is 1.68. The molecule has 0 radical (unpaired) electrons. The molecule has 0 spiro atoms. The molecule has 1 unspecified atom stereocenters. The molecule has 0 bridgehead atoms. The minimum Gasteiger partial charge on any atom is -0.316 e. The highest BCUT2D eigenvalue weighted by Gasteiger charge is 2.41. The van der Waals surface area contributed by atoms with E-state index in [9.17, 15) is 9.18 Å². The number of amides is 1. The van der Waals surface area contributed by atoms with Gasteiger partial charge in [-0.3, -0.25) is 4.79 Å². The molecule has 1 atom stereocenters. The van der Waals surface area contributed by atoms with Gasteiger partial charge in [0.2, 0.25) is 5.91 Å². The number of rotatable bonds is 1. The lowest BCUT2D eigenvalue weighted by Crippen LogP contribution is -2.43. The van der Waals surface area contributed by atoms with Crippen LogP contribution in [-0.2, 0) is 11.2 Å². The van der Waals surface area contributed by atoms with Gasteiger partial charge in [-0.05, 0) is 44.0 Å². The zero-order valence-electron chi connectivity index (χ0n) is 10.5. The lowest BCUT2D eigenvalue weighted by Gasteiger charge is -2.28. The van der Waals surface area contributed by atoms with Crippen molar-refractivity contribution in [2.24, 2.45) is 5.41 Å². The van der Waals surface area contributed by atoms with Gasteiger partial charge in [-0.2, -0.15) is 0 Å². The van der Waals surface area contributed by atoms with Gasteiger partial charge in [-0.15, -0.1) is 0 Å². The Morgan fingerprint density at radius 2 is 2.33 bits per heavy atom. The zero-order chi connectivity index (χ0) is 12.8. The van der Waals surface area contributed by atoms with E-state index in [-0.39, 0.29) is 17.1 Å². The molecule has 2 aliphatic heterocycles. The zero-order valence-corrected chi connectivity index (χ0v) is 10.5. The second-order valence-corrected chi connectivity index (χ2v) is 5.47. The number of hydrogen-bond donors (Lipinski definition) is 1. The van der Waals surface area contributed by atoms with Crippen molar-refractivity contribution in [1.82, 2.24) is 5.32 Å². The molecule has 1 fully saturated rings. The summed E-state index contributed by atoms with van der Waals surface area (Å²) in [5.74, 6) is -0.153. The minimum atomic E-state index is -0.339. The molecule has 2 heterocycles. The molecule has 1 N–H and O–H groups in total. The molecule has 96 valence electrons. The van der Waals surface area contributed by atoms with Crippen molar-refractivity contribution in [3.8, 4) is 0 Å². The SMILES string of the molecule is CC1(C(=O)N2CCc3ccc(F)cc32)CCNC1. The summed E-state index contributed by atoms with van der Waals surface area (Å²) >= 11 is 0. The molecule has 3 nitrogen and oxygen atoms in total. The third kappa shape index (κ3) is 1.72. The maximum absolute atomic E-state index is 13.3. The molecule has 1 amide bonds. The highest BCUT2D eigenvalue weighted by atomic mass is 19.1. The van der Waals surface area contributed by atoms with Crippen LogP contribution in [0, 0.1) is 11.2 Å². The fourth-order valence-corrected chi connectivity index (χ4v) is 2.89. The third-order valence-electron chi connectivity index (χ3n) is 4.07. The molecular weight excluding hydrogens is 231 g/mol. The quantitative estimate of drug-likeness (QED) is 0.820. The highest BCUT2D eigenvalue weighted by molar-refractivity contribution is 5.99. The van der Waals surface area contributed by atoms with Crippen molar-refractivity contribution in [2.75, 3.05) is 24.5 Å². The summed E-state index contributed by atoms with van der Waals surface area (Å²) < 4.78 is 13.3. The van der Waals surface area contributed by atoms with Gasteiger partial charge in [0.25, 0.3) is 0 Å². The van der Waals surface area contributed by atoms with Crippen LogP contribution < -0.4 is 10.2 Å². The summed E-state index contributed by atoms with van der Waals surface area (Å²) in [5.41, 5.74) is 1.49. The largest absolute Gasteiger partial charge is 0.316 e. The van der Waals surface area contributed by atoms with Crippen LogP contribution >= 0.6 is 0 Å². The maximum Gasteiger partial charge on any atom is 0.234 e. The molecule has 1 aromatic carbocycles. The number of hydrogen-bond acceptors (Lipinski definition) is 2. The van der Waals surface area contributed by atoms with E-state index in [0.29, 0.717) is 13.1 Å². The maximum atomic E-state index is 13.3. The van der Waals surface area contributed by atoms with Gasteiger partial charge < -0.3 is 10.2 Å². The van der Waals surface area contributed by atoms with Gasteiger partial charge in [-0.1, -0.05) is 6.07 Å². The fourth-order valence-electron chi connectivity index (χ4n) is 2.89. The van der Waals surface area contributed by atoms with Gasteiger partial charge >= 0.3 is 0 Å². The van der Waals surface area contributed by atoms with Gasteiger partial charge in [0, 0.05) is 18.8 Å². The topological polar surface area (TPSA) is 32.3 Å². The van der Waals surface area contributed by atoms with Crippen LogP contribution in [0.1, 0.15) is 18.9 Å². The van der Waals surface area contributed by atoms with Gasteiger partial charge in [0.05, 0.1) is 5.41 Å². The summed E-state index contributed by atoms with van der Waals surface area (Å²) in [6, 6.07) is 4.73. The number of carbonyl (C=O) groups is 1. The van der Waals surface area contributed by atoms with E-state index in [4.69, 9.17) is 0 Å². The van der Waals surface area contributed by atoms with Crippen molar-refractivity contribution in [2.45, 2.75) is 19.8 Å². The summed E-state index contributed by atoms with van der Waals surface area (Å²) in [7, 11) is 0. The van der Waals surface area contributed by atoms with Gasteiger partial charge in [0.15, 0.2) is 0 Å².